The normalized spacial score (nSPS) is 29.8. The van der Waals surface area contributed by atoms with E-state index in [1.165, 1.54) is 0 Å². The van der Waals surface area contributed by atoms with Crippen LogP contribution < -0.4 is 5.32 Å². The van der Waals surface area contributed by atoms with Crippen molar-refractivity contribution in [1.29, 1.82) is 0 Å². The van der Waals surface area contributed by atoms with Crippen molar-refractivity contribution in [2.24, 2.45) is 11.3 Å². The summed E-state index contributed by atoms with van der Waals surface area (Å²) < 4.78 is 0. The average molecular weight is 284 g/mol. The van der Waals surface area contributed by atoms with E-state index in [4.69, 9.17) is 0 Å². The molecular formula is C14H24N2O4. The van der Waals surface area contributed by atoms with Crippen molar-refractivity contribution in [3.05, 3.63) is 0 Å². The zero-order valence-electron chi connectivity index (χ0n) is 12.2. The Labute approximate surface area is 119 Å². The molecule has 2 aliphatic heterocycles. The molecule has 0 amide bonds. The van der Waals surface area contributed by atoms with Gasteiger partial charge >= 0.3 is 11.9 Å². The SMILES string of the molecule is CC1(C)CN(C2(C(=O)O)CCNCC2)CCC1C(=O)O. The van der Waals surface area contributed by atoms with Crippen LogP contribution in [0.15, 0.2) is 0 Å². The lowest BCUT2D eigenvalue weighted by molar-refractivity contribution is -0.161. The van der Waals surface area contributed by atoms with Crippen LogP contribution in [0.25, 0.3) is 0 Å². The molecule has 2 fully saturated rings. The van der Waals surface area contributed by atoms with Crippen molar-refractivity contribution in [2.75, 3.05) is 26.2 Å². The quantitative estimate of drug-likeness (QED) is 0.704. The second-order valence-electron chi connectivity index (χ2n) is 6.68. The number of likely N-dealkylation sites (tertiary alicyclic amines) is 1. The molecule has 0 aromatic carbocycles. The fraction of sp³-hybridized carbons (Fsp3) is 0.857. The van der Waals surface area contributed by atoms with Gasteiger partial charge in [-0.3, -0.25) is 14.5 Å². The molecule has 0 bridgehead atoms. The largest absolute Gasteiger partial charge is 0.481 e. The minimum Gasteiger partial charge on any atom is -0.481 e. The van der Waals surface area contributed by atoms with Crippen molar-refractivity contribution in [3.8, 4) is 0 Å². The van der Waals surface area contributed by atoms with Crippen LogP contribution in [0.5, 0.6) is 0 Å². The highest BCUT2D eigenvalue weighted by Gasteiger charge is 2.50. The van der Waals surface area contributed by atoms with E-state index in [0.29, 0.717) is 45.4 Å². The maximum absolute atomic E-state index is 11.8. The fourth-order valence-corrected chi connectivity index (χ4v) is 3.69. The van der Waals surface area contributed by atoms with E-state index in [0.717, 1.165) is 0 Å². The van der Waals surface area contributed by atoms with Gasteiger partial charge in [0.1, 0.15) is 5.54 Å². The fourth-order valence-electron chi connectivity index (χ4n) is 3.69. The van der Waals surface area contributed by atoms with Crippen LogP contribution >= 0.6 is 0 Å². The molecule has 0 spiro atoms. The minimum atomic E-state index is -0.827. The predicted octanol–water partition coefficient (Wildman–Crippen LogP) is 0.626. The molecule has 1 unspecified atom stereocenters. The molecule has 6 nitrogen and oxygen atoms in total. The summed E-state index contributed by atoms with van der Waals surface area (Å²) in [5.41, 5.74) is -1.23. The van der Waals surface area contributed by atoms with Gasteiger partial charge in [0.2, 0.25) is 0 Å². The van der Waals surface area contributed by atoms with E-state index in [-0.39, 0.29) is 0 Å². The number of nitrogens with one attached hydrogen (secondary N) is 1. The molecule has 1 atom stereocenters. The van der Waals surface area contributed by atoms with Gasteiger partial charge in [0, 0.05) is 13.1 Å². The van der Waals surface area contributed by atoms with Crippen molar-refractivity contribution in [3.63, 3.8) is 0 Å². The van der Waals surface area contributed by atoms with Crippen molar-refractivity contribution >= 4 is 11.9 Å². The molecule has 2 heterocycles. The van der Waals surface area contributed by atoms with E-state index in [1.807, 2.05) is 18.7 Å². The van der Waals surface area contributed by atoms with Gasteiger partial charge in [-0.2, -0.15) is 0 Å². The van der Waals surface area contributed by atoms with E-state index in [2.05, 4.69) is 5.32 Å². The molecule has 2 rings (SSSR count). The zero-order chi connectivity index (χ0) is 15.0. The Bertz CT molecular complexity index is 402. The van der Waals surface area contributed by atoms with Gasteiger partial charge in [0.05, 0.1) is 5.92 Å². The Balaban J connectivity index is 2.21. The van der Waals surface area contributed by atoms with Gasteiger partial charge in [-0.05, 0) is 37.8 Å². The van der Waals surface area contributed by atoms with E-state index in [1.54, 1.807) is 0 Å². The maximum atomic E-state index is 11.8. The number of carbonyl (C=O) groups is 2. The Morgan fingerprint density at radius 1 is 1.20 bits per heavy atom. The molecule has 0 saturated carbocycles. The Hall–Kier alpha value is -1.14. The molecule has 2 saturated heterocycles. The molecular weight excluding hydrogens is 260 g/mol. The van der Waals surface area contributed by atoms with Crippen LogP contribution in [0.3, 0.4) is 0 Å². The maximum Gasteiger partial charge on any atom is 0.324 e. The van der Waals surface area contributed by atoms with Crippen LogP contribution in [0.4, 0.5) is 0 Å². The minimum absolute atomic E-state index is 0.397. The number of carboxylic acid groups (broad SMARTS) is 2. The molecule has 6 heteroatoms. The first-order valence-electron chi connectivity index (χ1n) is 7.21. The lowest BCUT2D eigenvalue weighted by Gasteiger charge is -2.51. The summed E-state index contributed by atoms with van der Waals surface area (Å²) in [5.74, 6) is -1.95. The smallest absolute Gasteiger partial charge is 0.324 e. The Morgan fingerprint density at radius 3 is 2.25 bits per heavy atom. The van der Waals surface area contributed by atoms with E-state index in [9.17, 15) is 19.8 Å². The summed E-state index contributed by atoms with van der Waals surface area (Å²) in [6, 6.07) is 0. The molecule has 0 aromatic rings. The summed E-state index contributed by atoms with van der Waals surface area (Å²) in [5, 5.41) is 22.2. The molecule has 0 radical (unpaired) electrons. The van der Waals surface area contributed by atoms with Gasteiger partial charge in [0.15, 0.2) is 0 Å². The summed E-state index contributed by atoms with van der Waals surface area (Å²) >= 11 is 0. The first kappa shape index (κ1) is 15.3. The second-order valence-corrected chi connectivity index (χ2v) is 6.68. The van der Waals surface area contributed by atoms with Crippen LogP contribution in [0.1, 0.15) is 33.1 Å². The number of carboxylic acids is 2. The second kappa shape index (κ2) is 5.33. The summed E-state index contributed by atoms with van der Waals surface area (Å²) in [6.07, 6.45) is 1.68. The van der Waals surface area contributed by atoms with Crippen molar-refractivity contribution in [1.82, 2.24) is 10.2 Å². The lowest BCUT2D eigenvalue weighted by atomic mass is 9.71. The predicted molar refractivity (Wildman–Crippen MR) is 73.6 cm³/mol. The number of rotatable bonds is 3. The first-order valence-corrected chi connectivity index (χ1v) is 7.21. The first-order chi connectivity index (χ1) is 9.29. The summed E-state index contributed by atoms with van der Waals surface area (Å²) in [7, 11) is 0. The van der Waals surface area contributed by atoms with Crippen molar-refractivity contribution in [2.45, 2.75) is 38.6 Å². The van der Waals surface area contributed by atoms with Gasteiger partial charge in [0.25, 0.3) is 0 Å². The number of hydrogen-bond donors (Lipinski definition) is 3. The summed E-state index contributed by atoms with van der Waals surface area (Å²) in [4.78, 5) is 25.1. The Morgan fingerprint density at radius 2 is 1.80 bits per heavy atom. The van der Waals surface area contributed by atoms with Gasteiger partial charge in [-0.15, -0.1) is 0 Å². The third-order valence-corrected chi connectivity index (χ3v) is 4.96. The van der Waals surface area contributed by atoms with Crippen LogP contribution in [-0.2, 0) is 9.59 Å². The van der Waals surface area contributed by atoms with Crippen molar-refractivity contribution < 1.29 is 19.8 Å². The molecule has 0 aliphatic carbocycles. The van der Waals surface area contributed by atoms with Gasteiger partial charge in [-0.25, -0.2) is 0 Å². The van der Waals surface area contributed by atoms with Crippen LogP contribution in [0.2, 0.25) is 0 Å². The third-order valence-electron chi connectivity index (χ3n) is 4.96. The van der Waals surface area contributed by atoms with E-state index >= 15 is 0 Å². The molecule has 114 valence electrons. The van der Waals surface area contributed by atoms with Gasteiger partial charge in [-0.1, -0.05) is 13.8 Å². The number of piperidine rings is 2. The number of aliphatic carboxylic acids is 2. The highest BCUT2D eigenvalue weighted by Crippen LogP contribution is 2.40. The van der Waals surface area contributed by atoms with Gasteiger partial charge < -0.3 is 15.5 Å². The zero-order valence-corrected chi connectivity index (χ0v) is 12.2. The lowest BCUT2D eigenvalue weighted by Crippen LogP contribution is -2.64. The van der Waals surface area contributed by atoms with Crippen LogP contribution in [0, 0.1) is 11.3 Å². The molecule has 2 aliphatic rings. The topological polar surface area (TPSA) is 89.9 Å². The van der Waals surface area contributed by atoms with E-state index < -0.39 is 28.8 Å². The Kier molecular flexibility index (Phi) is 4.07. The third kappa shape index (κ3) is 2.54. The molecule has 3 N–H and O–H groups in total. The van der Waals surface area contributed by atoms with Crippen LogP contribution in [-0.4, -0.2) is 58.8 Å². The standard InChI is InChI=1S/C14H24N2O4/c1-13(2)9-16(8-3-10(13)11(17)18)14(12(19)20)4-6-15-7-5-14/h10,15H,3-9H2,1-2H3,(H,17,18)(H,19,20). The molecule has 20 heavy (non-hydrogen) atoms. The summed E-state index contributed by atoms with van der Waals surface area (Å²) in [6.45, 7) is 6.32. The highest BCUT2D eigenvalue weighted by atomic mass is 16.4. The number of nitrogens with zero attached hydrogens (tertiary/aromatic N) is 1. The number of hydrogen-bond acceptors (Lipinski definition) is 4. The highest BCUT2D eigenvalue weighted by molar-refractivity contribution is 5.79. The molecule has 0 aromatic heterocycles. The average Bonchev–Trinajstić information content (AvgIpc) is 2.37. The monoisotopic (exact) mass is 284 g/mol.